The van der Waals surface area contributed by atoms with Gasteiger partial charge in [-0.25, -0.2) is 4.98 Å². The molecule has 2 atom stereocenters. The van der Waals surface area contributed by atoms with Crippen molar-refractivity contribution in [3.8, 4) is 0 Å². The first-order chi connectivity index (χ1) is 7.79. The summed E-state index contributed by atoms with van der Waals surface area (Å²) in [4.78, 5) is 18.1. The number of nitrogens with zero attached hydrogens (tertiary/aromatic N) is 1. The van der Waals surface area contributed by atoms with Gasteiger partial charge in [-0.3, -0.25) is 4.79 Å². The summed E-state index contributed by atoms with van der Waals surface area (Å²) in [5, 5.41) is 4.60. The highest BCUT2D eigenvalue weighted by molar-refractivity contribution is 7.99. The van der Waals surface area contributed by atoms with Gasteiger partial charge in [0, 0.05) is 23.6 Å². The molecule has 2 N–H and O–H groups in total. The number of hydrogen-bond donors (Lipinski definition) is 2. The number of aromatic nitrogens is 2. The Hall–Kier alpha value is -0.810. The van der Waals surface area contributed by atoms with Crippen LogP contribution in [0.4, 0.5) is 0 Å². The van der Waals surface area contributed by atoms with E-state index in [1.54, 1.807) is 18.0 Å². The Balaban J connectivity index is 2.05. The molecule has 0 saturated heterocycles. The number of nitrogens with one attached hydrogen (secondary N) is 2. The minimum Gasteiger partial charge on any atom is -0.316 e. The second-order valence-electron chi connectivity index (χ2n) is 4.08. The predicted octanol–water partition coefficient (Wildman–Crippen LogP) is 1.39. The molecule has 1 aliphatic carbocycles. The molecule has 1 saturated carbocycles. The zero-order valence-electron chi connectivity index (χ0n) is 9.40. The standard InChI is InChI=1S/C11H17N3OS/c1-12-8-4-2-3-5-9(8)16-11-13-7-6-10(15)14-11/h6-9,12H,2-5H2,1H3,(H,13,14,15). The maximum absolute atomic E-state index is 11.2. The molecular weight excluding hydrogens is 222 g/mol. The summed E-state index contributed by atoms with van der Waals surface area (Å²) >= 11 is 1.68. The van der Waals surface area contributed by atoms with Crippen molar-refractivity contribution in [3.05, 3.63) is 22.6 Å². The van der Waals surface area contributed by atoms with Gasteiger partial charge >= 0.3 is 0 Å². The van der Waals surface area contributed by atoms with Crippen LogP contribution in [0, 0.1) is 0 Å². The molecule has 0 aromatic carbocycles. The van der Waals surface area contributed by atoms with E-state index in [0.717, 1.165) is 5.16 Å². The number of H-pyrrole nitrogens is 1. The summed E-state index contributed by atoms with van der Waals surface area (Å²) in [7, 11) is 2.00. The fraction of sp³-hybridized carbons (Fsp3) is 0.636. The monoisotopic (exact) mass is 239 g/mol. The second-order valence-corrected chi connectivity index (χ2v) is 5.30. The first-order valence-corrected chi connectivity index (χ1v) is 6.57. The smallest absolute Gasteiger partial charge is 0.251 e. The molecule has 0 spiro atoms. The van der Waals surface area contributed by atoms with Gasteiger partial charge in [0.05, 0.1) is 0 Å². The summed E-state index contributed by atoms with van der Waals surface area (Å²) in [5.41, 5.74) is -0.0747. The SMILES string of the molecule is CNC1CCCCC1Sc1nccc(=O)[nH]1. The first-order valence-electron chi connectivity index (χ1n) is 5.69. The molecule has 0 bridgehead atoms. The molecule has 1 aliphatic rings. The van der Waals surface area contributed by atoms with Crippen LogP contribution >= 0.6 is 11.8 Å². The molecule has 1 aromatic rings. The molecule has 5 heteroatoms. The fourth-order valence-electron chi connectivity index (χ4n) is 2.12. The Bertz CT molecular complexity index is 393. The minimum atomic E-state index is -0.0747. The van der Waals surface area contributed by atoms with Gasteiger partial charge in [-0.2, -0.15) is 0 Å². The fourth-order valence-corrected chi connectivity index (χ4v) is 3.41. The number of rotatable bonds is 3. The molecule has 16 heavy (non-hydrogen) atoms. The van der Waals surface area contributed by atoms with Crippen LogP contribution in [0.25, 0.3) is 0 Å². The Kier molecular flexibility index (Phi) is 4.01. The highest BCUT2D eigenvalue weighted by atomic mass is 32.2. The molecule has 1 fully saturated rings. The van der Waals surface area contributed by atoms with Crippen molar-refractivity contribution in [2.24, 2.45) is 0 Å². The van der Waals surface area contributed by atoms with E-state index in [4.69, 9.17) is 0 Å². The highest BCUT2D eigenvalue weighted by Gasteiger charge is 2.25. The molecule has 88 valence electrons. The van der Waals surface area contributed by atoms with E-state index >= 15 is 0 Å². The van der Waals surface area contributed by atoms with Gasteiger partial charge in [-0.15, -0.1) is 0 Å². The topological polar surface area (TPSA) is 57.8 Å². The molecule has 1 heterocycles. The normalized spacial score (nSPS) is 25.6. The van der Waals surface area contributed by atoms with Crippen molar-refractivity contribution in [1.29, 1.82) is 0 Å². The van der Waals surface area contributed by atoms with Crippen molar-refractivity contribution in [1.82, 2.24) is 15.3 Å². The maximum Gasteiger partial charge on any atom is 0.251 e. The van der Waals surface area contributed by atoms with Crippen LogP contribution in [-0.4, -0.2) is 28.3 Å². The Morgan fingerprint density at radius 1 is 1.50 bits per heavy atom. The third-order valence-electron chi connectivity index (χ3n) is 2.98. The lowest BCUT2D eigenvalue weighted by molar-refractivity contribution is 0.405. The second kappa shape index (κ2) is 5.50. The quantitative estimate of drug-likeness (QED) is 0.783. The zero-order chi connectivity index (χ0) is 11.4. The maximum atomic E-state index is 11.2. The van der Waals surface area contributed by atoms with Crippen molar-refractivity contribution in [3.63, 3.8) is 0 Å². The Morgan fingerprint density at radius 2 is 2.31 bits per heavy atom. The molecule has 4 nitrogen and oxygen atoms in total. The van der Waals surface area contributed by atoms with Crippen LogP contribution in [0.3, 0.4) is 0 Å². The lowest BCUT2D eigenvalue weighted by atomic mass is 9.95. The van der Waals surface area contributed by atoms with Crippen LogP contribution < -0.4 is 10.9 Å². The van der Waals surface area contributed by atoms with Gasteiger partial charge < -0.3 is 10.3 Å². The summed E-state index contributed by atoms with van der Waals surface area (Å²) in [6.45, 7) is 0. The van der Waals surface area contributed by atoms with Crippen molar-refractivity contribution in [2.45, 2.75) is 42.1 Å². The van der Waals surface area contributed by atoms with E-state index in [2.05, 4.69) is 15.3 Å². The summed E-state index contributed by atoms with van der Waals surface area (Å²) in [5.74, 6) is 0. The highest BCUT2D eigenvalue weighted by Crippen LogP contribution is 2.31. The van der Waals surface area contributed by atoms with Crippen LogP contribution in [0.5, 0.6) is 0 Å². The molecule has 0 amide bonds. The Morgan fingerprint density at radius 3 is 3.06 bits per heavy atom. The number of hydrogen-bond acceptors (Lipinski definition) is 4. The van der Waals surface area contributed by atoms with Gasteiger partial charge in [-0.05, 0) is 19.9 Å². The lowest BCUT2D eigenvalue weighted by Crippen LogP contribution is -2.38. The third kappa shape index (κ3) is 2.86. The molecule has 2 unspecified atom stereocenters. The van der Waals surface area contributed by atoms with E-state index in [-0.39, 0.29) is 5.56 Å². The summed E-state index contributed by atoms with van der Waals surface area (Å²) in [6, 6.07) is 1.98. The lowest BCUT2D eigenvalue weighted by Gasteiger charge is -2.30. The average molecular weight is 239 g/mol. The van der Waals surface area contributed by atoms with Crippen LogP contribution in [0.15, 0.2) is 22.2 Å². The van der Waals surface area contributed by atoms with Gasteiger partial charge in [0.1, 0.15) is 0 Å². The number of thioether (sulfide) groups is 1. The zero-order valence-corrected chi connectivity index (χ0v) is 10.2. The molecule has 1 aromatic heterocycles. The minimum absolute atomic E-state index is 0.0747. The van der Waals surface area contributed by atoms with Crippen molar-refractivity contribution >= 4 is 11.8 Å². The van der Waals surface area contributed by atoms with Crippen LogP contribution in [-0.2, 0) is 0 Å². The molecule has 0 aliphatic heterocycles. The predicted molar refractivity (Wildman–Crippen MR) is 65.8 cm³/mol. The number of aromatic amines is 1. The largest absolute Gasteiger partial charge is 0.316 e. The molecule has 0 radical (unpaired) electrons. The van der Waals surface area contributed by atoms with Gasteiger partial charge in [-0.1, -0.05) is 24.6 Å². The summed E-state index contributed by atoms with van der Waals surface area (Å²) in [6.07, 6.45) is 6.53. The summed E-state index contributed by atoms with van der Waals surface area (Å²) < 4.78 is 0. The van der Waals surface area contributed by atoms with Crippen LogP contribution in [0.2, 0.25) is 0 Å². The van der Waals surface area contributed by atoms with Crippen molar-refractivity contribution < 1.29 is 0 Å². The van der Waals surface area contributed by atoms with E-state index < -0.39 is 0 Å². The average Bonchev–Trinajstić information content (AvgIpc) is 2.30. The Labute approximate surface area is 99.3 Å². The van der Waals surface area contributed by atoms with Gasteiger partial charge in [0.15, 0.2) is 5.16 Å². The van der Waals surface area contributed by atoms with E-state index in [1.807, 2.05) is 7.05 Å². The first kappa shape index (κ1) is 11.7. The van der Waals surface area contributed by atoms with Crippen LogP contribution in [0.1, 0.15) is 25.7 Å². The molecule has 2 rings (SSSR count). The van der Waals surface area contributed by atoms with E-state index in [0.29, 0.717) is 11.3 Å². The van der Waals surface area contributed by atoms with E-state index in [1.165, 1.54) is 31.7 Å². The van der Waals surface area contributed by atoms with Crippen molar-refractivity contribution in [2.75, 3.05) is 7.05 Å². The van der Waals surface area contributed by atoms with Gasteiger partial charge in [0.2, 0.25) is 0 Å². The van der Waals surface area contributed by atoms with E-state index in [9.17, 15) is 4.79 Å². The van der Waals surface area contributed by atoms with Gasteiger partial charge in [0.25, 0.3) is 5.56 Å². The molecular formula is C11H17N3OS. The third-order valence-corrected chi connectivity index (χ3v) is 4.28.